The van der Waals surface area contributed by atoms with Crippen molar-refractivity contribution < 1.29 is 4.79 Å². The fraction of sp³-hybridized carbons (Fsp3) is 0.300. The topological polar surface area (TPSA) is 55.1 Å². The highest BCUT2D eigenvalue weighted by Gasteiger charge is 2.07. The molecule has 0 aliphatic heterocycles. The summed E-state index contributed by atoms with van der Waals surface area (Å²) in [6.07, 6.45) is 1.93. The number of rotatable bonds is 3. The number of hydrazine groups is 1. The first-order valence-electron chi connectivity index (χ1n) is 4.38. The molecule has 0 aliphatic carbocycles. The van der Waals surface area contributed by atoms with Crippen molar-refractivity contribution >= 4 is 5.91 Å². The highest BCUT2D eigenvalue weighted by Crippen LogP contribution is 2.10. The fourth-order valence-electron chi connectivity index (χ4n) is 1.31. The molecule has 0 saturated carbocycles. The Morgan fingerprint density at radius 2 is 2.15 bits per heavy atom. The molecule has 0 fully saturated rings. The molecule has 0 aliphatic rings. The molecule has 0 atom stereocenters. The summed E-state index contributed by atoms with van der Waals surface area (Å²) in [6, 6.07) is 7.50. The van der Waals surface area contributed by atoms with Gasteiger partial charge in [0, 0.05) is 5.56 Å². The third-order valence-corrected chi connectivity index (χ3v) is 1.91. The first-order valence-corrected chi connectivity index (χ1v) is 4.38. The van der Waals surface area contributed by atoms with E-state index in [4.69, 9.17) is 5.84 Å². The van der Waals surface area contributed by atoms with Gasteiger partial charge in [-0.25, -0.2) is 5.84 Å². The Morgan fingerprint density at radius 3 is 2.77 bits per heavy atom. The van der Waals surface area contributed by atoms with Crippen LogP contribution in [0, 0.1) is 0 Å². The number of benzene rings is 1. The number of hydrogen-bond acceptors (Lipinski definition) is 2. The molecule has 0 radical (unpaired) electrons. The van der Waals surface area contributed by atoms with Gasteiger partial charge in [0.15, 0.2) is 0 Å². The van der Waals surface area contributed by atoms with Crippen LogP contribution >= 0.6 is 0 Å². The zero-order valence-electron chi connectivity index (χ0n) is 7.71. The lowest BCUT2D eigenvalue weighted by molar-refractivity contribution is 0.0952. The summed E-state index contributed by atoms with van der Waals surface area (Å²) in [4.78, 5) is 11.3. The standard InChI is InChI=1S/C10H14N2O/c1-2-5-8-6-3-4-7-9(8)10(13)12-11/h3-4,6-7H,2,5,11H2,1H3,(H,12,13). The highest BCUT2D eigenvalue weighted by atomic mass is 16.2. The van der Waals surface area contributed by atoms with Crippen molar-refractivity contribution in [2.24, 2.45) is 5.84 Å². The fourth-order valence-corrected chi connectivity index (χ4v) is 1.31. The first-order chi connectivity index (χ1) is 6.29. The number of nitrogens with one attached hydrogen (secondary N) is 1. The average Bonchev–Trinajstić information content (AvgIpc) is 2.18. The zero-order valence-corrected chi connectivity index (χ0v) is 7.71. The molecule has 1 amide bonds. The van der Waals surface area contributed by atoms with Gasteiger partial charge in [0.25, 0.3) is 5.91 Å². The van der Waals surface area contributed by atoms with Gasteiger partial charge in [-0.1, -0.05) is 31.5 Å². The molecule has 1 aromatic carbocycles. The Bertz CT molecular complexity index is 297. The van der Waals surface area contributed by atoms with Crippen LogP contribution in [0.15, 0.2) is 24.3 Å². The molecule has 3 heteroatoms. The maximum Gasteiger partial charge on any atom is 0.265 e. The van der Waals surface area contributed by atoms with E-state index in [-0.39, 0.29) is 5.91 Å². The quantitative estimate of drug-likeness (QED) is 0.415. The zero-order chi connectivity index (χ0) is 9.68. The van der Waals surface area contributed by atoms with Crippen LogP contribution in [-0.2, 0) is 6.42 Å². The van der Waals surface area contributed by atoms with E-state index in [1.165, 1.54) is 0 Å². The maximum atomic E-state index is 11.3. The SMILES string of the molecule is CCCc1ccccc1C(=O)NN. The van der Waals surface area contributed by atoms with E-state index in [0.717, 1.165) is 18.4 Å². The van der Waals surface area contributed by atoms with Crippen LogP contribution < -0.4 is 11.3 Å². The molecular formula is C10H14N2O. The predicted molar refractivity (Wildman–Crippen MR) is 52.1 cm³/mol. The molecule has 3 N–H and O–H groups in total. The van der Waals surface area contributed by atoms with Crippen molar-refractivity contribution in [3.8, 4) is 0 Å². The summed E-state index contributed by atoms with van der Waals surface area (Å²) in [7, 11) is 0. The lowest BCUT2D eigenvalue weighted by Crippen LogP contribution is -2.30. The van der Waals surface area contributed by atoms with Crippen LogP contribution in [0.5, 0.6) is 0 Å². The molecule has 0 unspecified atom stereocenters. The lowest BCUT2D eigenvalue weighted by Gasteiger charge is -2.05. The van der Waals surface area contributed by atoms with Crippen molar-refractivity contribution in [2.45, 2.75) is 19.8 Å². The summed E-state index contributed by atoms with van der Waals surface area (Å²) >= 11 is 0. The number of amides is 1. The highest BCUT2D eigenvalue weighted by molar-refractivity contribution is 5.95. The summed E-state index contributed by atoms with van der Waals surface area (Å²) in [5.41, 5.74) is 3.86. The summed E-state index contributed by atoms with van der Waals surface area (Å²) in [5.74, 6) is 4.85. The number of carbonyl (C=O) groups is 1. The molecule has 0 spiro atoms. The average molecular weight is 178 g/mol. The maximum absolute atomic E-state index is 11.3. The molecule has 1 aromatic rings. The second-order valence-electron chi connectivity index (χ2n) is 2.88. The van der Waals surface area contributed by atoms with Crippen LogP contribution in [0.1, 0.15) is 29.3 Å². The third-order valence-electron chi connectivity index (χ3n) is 1.91. The van der Waals surface area contributed by atoms with Crippen molar-refractivity contribution in [3.63, 3.8) is 0 Å². The normalized spacial score (nSPS) is 9.69. The number of nitrogens with two attached hydrogens (primary N) is 1. The Kier molecular flexibility index (Phi) is 3.46. The minimum atomic E-state index is -0.218. The Hall–Kier alpha value is -1.35. The van der Waals surface area contributed by atoms with Gasteiger partial charge in [-0.15, -0.1) is 0 Å². The minimum Gasteiger partial charge on any atom is -0.290 e. The van der Waals surface area contributed by atoms with Crippen molar-refractivity contribution in [1.29, 1.82) is 0 Å². The molecular weight excluding hydrogens is 164 g/mol. The first kappa shape index (κ1) is 9.74. The van der Waals surface area contributed by atoms with Gasteiger partial charge in [-0.3, -0.25) is 10.2 Å². The Balaban J connectivity index is 2.97. The van der Waals surface area contributed by atoms with Crippen LogP contribution in [0.2, 0.25) is 0 Å². The van der Waals surface area contributed by atoms with Crippen LogP contribution in [-0.4, -0.2) is 5.91 Å². The van der Waals surface area contributed by atoms with E-state index >= 15 is 0 Å². The van der Waals surface area contributed by atoms with Gasteiger partial charge in [0.05, 0.1) is 0 Å². The number of nitrogen functional groups attached to an aromatic ring is 1. The number of carbonyl (C=O) groups excluding carboxylic acids is 1. The third kappa shape index (κ3) is 2.29. The summed E-state index contributed by atoms with van der Waals surface area (Å²) < 4.78 is 0. The van der Waals surface area contributed by atoms with Gasteiger partial charge in [0.2, 0.25) is 0 Å². The molecule has 0 saturated heterocycles. The number of aryl methyl sites for hydroxylation is 1. The van der Waals surface area contributed by atoms with E-state index in [1.807, 2.05) is 18.2 Å². The second-order valence-corrected chi connectivity index (χ2v) is 2.88. The molecule has 13 heavy (non-hydrogen) atoms. The molecule has 70 valence electrons. The van der Waals surface area contributed by atoms with E-state index < -0.39 is 0 Å². The molecule has 1 rings (SSSR count). The second kappa shape index (κ2) is 4.62. The van der Waals surface area contributed by atoms with Crippen LogP contribution in [0.25, 0.3) is 0 Å². The van der Waals surface area contributed by atoms with Gasteiger partial charge in [-0.05, 0) is 18.1 Å². The largest absolute Gasteiger partial charge is 0.290 e. The van der Waals surface area contributed by atoms with Gasteiger partial charge >= 0.3 is 0 Å². The van der Waals surface area contributed by atoms with E-state index in [1.54, 1.807) is 6.07 Å². The van der Waals surface area contributed by atoms with Gasteiger partial charge in [0.1, 0.15) is 0 Å². The van der Waals surface area contributed by atoms with Crippen molar-refractivity contribution in [2.75, 3.05) is 0 Å². The Morgan fingerprint density at radius 1 is 1.46 bits per heavy atom. The Labute approximate surface area is 77.9 Å². The molecule has 0 bridgehead atoms. The smallest absolute Gasteiger partial charge is 0.265 e. The van der Waals surface area contributed by atoms with E-state index in [2.05, 4.69) is 12.3 Å². The van der Waals surface area contributed by atoms with E-state index in [0.29, 0.717) is 5.56 Å². The van der Waals surface area contributed by atoms with E-state index in [9.17, 15) is 4.79 Å². The van der Waals surface area contributed by atoms with Crippen LogP contribution in [0.3, 0.4) is 0 Å². The van der Waals surface area contributed by atoms with Crippen molar-refractivity contribution in [1.82, 2.24) is 5.43 Å². The number of hydrogen-bond donors (Lipinski definition) is 2. The molecule has 0 heterocycles. The molecule has 3 nitrogen and oxygen atoms in total. The predicted octanol–water partition coefficient (Wildman–Crippen LogP) is 1.24. The molecule has 0 aromatic heterocycles. The lowest BCUT2D eigenvalue weighted by atomic mass is 10.0. The minimum absolute atomic E-state index is 0.218. The van der Waals surface area contributed by atoms with Crippen molar-refractivity contribution in [3.05, 3.63) is 35.4 Å². The summed E-state index contributed by atoms with van der Waals surface area (Å²) in [5, 5.41) is 0. The van der Waals surface area contributed by atoms with Gasteiger partial charge < -0.3 is 0 Å². The van der Waals surface area contributed by atoms with Gasteiger partial charge in [-0.2, -0.15) is 0 Å². The van der Waals surface area contributed by atoms with Crippen LogP contribution in [0.4, 0.5) is 0 Å². The summed E-state index contributed by atoms with van der Waals surface area (Å²) in [6.45, 7) is 2.08. The monoisotopic (exact) mass is 178 g/mol.